The first-order valence-electron chi connectivity index (χ1n) is 11.7. The highest BCUT2D eigenvalue weighted by atomic mass is 16.2. The van der Waals surface area contributed by atoms with Gasteiger partial charge in [-0.2, -0.15) is 0 Å². The number of hydrogen-bond donors (Lipinski definition) is 1. The molecule has 2 amide bonds. The minimum atomic E-state index is -0.184. The zero-order valence-corrected chi connectivity index (χ0v) is 19.2. The monoisotopic (exact) mass is 456 g/mol. The number of hydrogen-bond acceptors (Lipinski definition) is 6. The van der Waals surface area contributed by atoms with Crippen molar-refractivity contribution in [3.05, 3.63) is 83.7 Å². The van der Waals surface area contributed by atoms with Gasteiger partial charge < -0.3 is 15.1 Å². The first kappa shape index (κ1) is 22.0. The Morgan fingerprint density at radius 1 is 0.971 bits per heavy atom. The van der Waals surface area contributed by atoms with Crippen molar-refractivity contribution in [3.8, 4) is 0 Å². The molecular weight excluding hydrogens is 428 g/mol. The van der Waals surface area contributed by atoms with E-state index in [4.69, 9.17) is 0 Å². The molecule has 1 saturated heterocycles. The summed E-state index contributed by atoms with van der Waals surface area (Å²) < 4.78 is 0. The molecule has 34 heavy (non-hydrogen) atoms. The Hall–Kier alpha value is -3.81. The number of anilines is 1. The maximum atomic E-state index is 13.3. The van der Waals surface area contributed by atoms with Gasteiger partial charge in [0.25, 0.3) is 11.8 Å². The fourth-order valence-corrected chi connectivity index (χ4v) is 4.99. The number of amides is 2. The lowest BCUT2D eigenvalue weighted by Gasteiger charge is -2.37. The van der Waals surface area contributed by atoms with Crippen LogP contribution in [0.15, 0.2) is 61.4 Å². The molecule has 2 aromatic heterocycles. The van der Waals surface area contributed by atoms with E-state index in [0.29, 0.717) is 11.1 Å². The molecule has 5 rings (SSSR count). The lowest BCUT2D eigenvalue weighted by molar-refractivity contribution is 0.0709. The molecule has 0 radical (unpaired) electrons. The Labute approximate surface area is 199 Å². The number of benzene rings is 1. The van der Waals surface area contributed by atoms with E-state index in [1.54, 1.807) is 0 Å². The van der Waals surface area contributed by atoms with E-state index in [0.717, 1.165) is 49.9 Å². The molecule has 1 aliphatic carbocycles. The van der Waals surface area contributed by atoms with Crippen LogP contribution in [-0.4, -0.2) is 57.8 Å². The van der Waals surface area contributed by atoms with E-state index in [-0.39, 0.29) is 23.9 Å². The van der Waals surface area contributed by atoms with Gasteiger partial charge >= 0.3 is 0 Å². The molecule has 3 heterocycles. The molecule has 8 heteroatoms. The predicted molar refractivity (Wildman–Crippen MR) is 129 cm³/mol. The Kier molecular flexibility index (Phi) is 6.20. The fourth-order valence-electron chi connectivity index (χ4n) is 4.99. The summed E-state index contributed by atoms with van der Waals surface area (Å²) in [5, 5.41) is 3.07. The molecule has 0 spiro atoms. The summed E-state index contributed by atoms with van der Waals surface area (Å²) in [5.74, 6) is -0.129. The number of fused-ring (bicyclic) bond motifs is 1. The summed E-state index contributed by atoms with van der Waals surface area (Å²) in [5.41, 5.74) is 4.54. The number of rotatable bonds is 5. The molecule has 3 aromatic rings. The molecule has 1 atom stereocenters. The maximum absolute atomic E-state index is 13.3. The predicted octanol–water partition coefficient (Wildman–Crippen LogP) is 3.03. The van der Waals surface area contributed by atoms with Crippen LogP contribution in [0.1, 0.15) is 57.1 Å². The van der Waals surface area contributed by atoms with Gasteiger partial charge in [0.05, 0.1) is 11.6 Å². The highest BCUT2D eigenvalue weighted by molar-refractivity contribution is 5.95. The fraction of sp³-hybridized carbons (Fsp3) is 0.346. The molecule has 1 fully saturated rings. The van der Waals surface area contributed by atoms with Crippen LogP contribution < -0.4 is 10.2 Å². The van der Waals surface area contributed by atoms with Crippen molar-refractivity contribution in [3.63, 3.8) is 0 Å². The normalized spacial score (nSPS) is 17.8. The average molecular weight is 457 g/mol. The van der Waals surface area contributed by atoms with Gasteiger partial charge in [-0.3, -0.25) is 14.6 Å². The van der Waals surface area contributed by atoms with Crippen molar-refractivity contribution in [2.75, 3.05) is 25.0 Å². The van der Waals surface area contributed by atoms with Crippen LogP contribution in [0.2, 0.25) is 0 Å². The third-order valence-corrected chi connectivity index (χ3v) is 6.96. The Bertz CT molecular complexity index is 1160. The van der Waals surface area contributed by atoms with Crippen molar-refractivity contribution in [1.29, 1.82) is 0 Å². The van der Waals surface area contributed by atoms with Gasteiger partial charge in [-0.1, -0.05) is 6.07 Å². The van der Waals surface area contributed by atoms with E-state index in [1.807, 2.05) is 54.7 Å². The van der Waals surface area contributed by atoms with Gasteiger partial charge in [-0.25, -0.2) is 9.97 Å². The topological polar surface area (TPSA) is 91.3 Å². The second-order valence-corrected chi connectivity index (χ2v) is 8.95. The van der Waals surface area contributed by atoms with Gasteiger partial charge in [-0.15, -0.1) is 0 Å². The highest BCUT2D eigenvalue weighted by Gasteiger charge is 2.29. The molecule has 1 aromatic carbocycles. The zero-order valence-electron chi connectivity index (χ0n) is 19.2. The molecule has 0 saturated carbocycles. The third-order valence-electron chi connectivity index (χ3n) is 6.96. The quantitative estimate of drug-likeness (QED) is 0.635. The molecule has 1 unspecified atom stereocenters. The van der Waals surface area contributed by atoms with Crippen LogP contribution in [0.3, 0.4) is 0 Å². The van der Waals surface area contributed by atoms with Gasteiger partial charge in [0.15, 0.2) is 0 Å². The largest absolute Gasteiger partial charge is 0.371 e. The molecule has 1 N–H and O–H groups in total. The van der Waals surface area contributed by atoms with Crippen LogP contribution in [0.5, 0.6) is 0 Å². The average Bonchev–Trinajstić information content (AvgIpc) is 3.30. The lowest BCUT2D eigenvalue weighted by Crippen LogP contribution is -2.45. The molecular formula is C26H28N6O2. The zero-order chi connectivity index (χ0) is 23.5. The summed E-state index contributed by atoms with van der Waals surface area (Å²) in [6.07, 6.45) is 11.6. The first-order chi connectivity index (χ1) is 16.6. The van der Waals surface area contributed by atoms with Gasteiger partial charge in [0.1, 0.15) is 6.33 Å². The first-order valence-corrected chi connectivity index (χ1v) is 11.7. The van der Waals surface area contributed by atoms with Gasteiger partial charge in [-0.05, 0) is 61.1 Å². The Morgan fingerprint density at radius 2 is 1.71 bits per heavy atom. The summed E-state index contributed by atoms with van der Waals surface area (Å²) >= 11 is 0. The molecule has 2 aliphatic rings. The van der Waals surface area contributed by atoms with Gasteiger partial charge in [0.2, 0.25) is 0 Å². The number of carbonyl (C=O) groups is 2. The number of nitrogens with one attached hydrogen (secondary N) is 1. The minimum Gasteiger partial charge on any atom is -0.371 e. The number of aryl methyl sites for hydroxylation is 1. The summed E-state index contributed by atoms with van der Waals surface area (Å²) in [7, 11) is 1.91. The summed E-state index contributed by atoms with van der Waals surface area (Å²) in [6.45, 7) is 1.84. The molecule has 1 aliphatic heterocycles. The number of carbonyl (C=O) groups excluding carboxylic acids is 2. The second-order valence-electron chi connectivity index (χ2n) is 8.95. The number of nitrogens with zero attached hydrogens (tertiary/aromatic N) is 5. The van der Waals surface area contributed by atoms with E-state index in [1.165, 1.54) is 24.4 Å². The second kappa shape index (κ2) is 9.59. The van der Waals surface area contributed by atoms with Gasteiger partial charge in [0, 0.05) is 62.2 Å². The molecule has 174 valence electrons. The smallest absolute Gasteiger partial charge is 0.254 e. The van der Waals surface area contributed by atoms with Crippen LogP contribution in [0.25, 0.3) is 0 Å². The van der Waals surface area contributed by atoms with Crippen LogP contribution >= 0.6 is 0 Å². The van der Waals surface area contributed by atoms with Crippen molar-refractivity contribution in [1.82, 2.24) is 25.2 Å². The van der Waals surface area contributed by atoms with Crippen molar-refractivity contribution in [2.24, 2.45) is 0 Å². The number of pyridine rings is 1. The third kappa shape index (κ3) is 4.48. The summed E-state index contributed by atoms with van der Waals surface area (Å²) in [4.78, 5) is 41.9. The molecule has 8 nitrogen and oxygen atoms in total. The minimum absolute atomic E-state index is 0.0547. The van der Waals surface area contributed by atoms with Crippen LogP contribution in [0.4, 0.5) is 5.69 Å². The van der Waals surface area contributed by atoms with Crippen molar-refractivity contribution < 1.29 is 9.59 Å². The molecule has 0 bridgehead atoms. The van der Waals surface area contributed by atoms with E-state index < -0.39 is 0 Å². The standard InChI is InChI=1S/C26H28N6O2/c1-31(21-8-12-32(13-9-21)22-6-10-27-11-7-22)26(34)19-2-4-23-18(14-19)3-5-24(23)30-25(33)20-15-28-17-29-16-20/h2,4,6-7,10-11,14-17,21,24H,3,5,8-9,12-13H2,1H3,(H,30,33). The van der Waals surface area contributed by atoms with Crippen LogP contribution in [-0.2, 0) is 6.42 Å². The highest BCUT2D eigenvalue weighted by Crippen LogP contribution is 2.32. The lowest BCUT2D eigenvalue weighted by atomic mass is 10.0. The number of aromatic nitrogens is 3. The van der Waals surface area contributed by atoms with E-state index >= 15 is 0 Å². The van der Waals surface area contributed by atoms with Crippen molar-refractivity contribution in [2.45, 2.75) is 37.8 Å². The maximum Gasteiger partial charge on any atom is 0.254 e. The van der Waals surface area contributed by atoms with E-state index in [2.05, 4.69) is 25.2 Å². The Balaban J connectivity index is 1.21. The van der Waals surface area contributed by atoms with Crippen molar-refractivity contribution >= 4 is 17.5 Å². The van der Waals surface area contributed by atoms with Crippen LogP contribution in [0, 0.1) is 0 Å². The number of piperidine rings is 1. The van der Waals surface area contributed by atoms with E-state index in [9.17, 15) is 9.59 Å². The SMILES string of the molecule is CN(C(=O)c1ccc2c(c1)CCC2NC(=O)c1cncnc1)C1CCN(c2ccncc2)CC1. The summed E-state index contributed by atoms with van der Waals surface area (Å²) in [6, 6.07) is 10.1. The Morgan fingerprint density at radius 3 is 2.44 bits per heavy atom.